The van der Waals surface area contributed by atoms with Gasteiger partial charge in [0.2, 0.25) is 0 Å². The number of hydrogen-bond donors (Lipinski definition) is 0. The summed E-state index contributed by atoms with van der Waals surface area (Å²) in [6.45, 7) is 4.86. The Bertz CT molecular complexity index is 177. The Morgan fingerprint density at radius 2 is 1.47 bits per heavy atom. The third-order valence-corrected chi connectivity index (χ3v) is 2.96. The van der Waals surface area contributed by atoms with Crippen LogP contribution in [0.1, 0.15) is 65.2 Å². The molecule has 0 saturated heterocycles. The van der Waals surface area contributed by atoms with Crippen LogP contribution in [-0.4, -0.2) is 15.4 Å². The molecule has 0 aromatic rings. The quantitative estimate of drug-likeness (QED) is 0.309. The first-order valence-corrected chi connectivity index (χ1v) is 7.35. The van der Waals surface area contributed by atoms with Gasteiger partial charge in [-0.15, -0.1) is 0 Å². The predicted octanol–water partition coefficient (Wildman–Crippen LogP) is 0.578. The van der Waals surface area contributed by atoms with Crippen molar-refractivity contribution in [1.29, 1.82) is 0 Å². The maximum atomic E-state index is 10.0. The van der Waals surface area contributed by atoms with Crippen LogP contribution in [0.5, 0.6) is 0 Å². The van der Waals surface area contributed by atoms with Crippen LogP contribution in [0.4, 0.5) is 0 Å². The molecular formula is C12H25LiO3S. The summed E-state index contributed by atoms with van der Waals surface area (Å²) in [5, 5.41) is 0. The van der Waals surface area contributed by atoms with Gasteiger partial charge in [0.15, 0.2) is 0 Å². The average molecular weight is 256 g/mol. The zero-order valence-corrected chi connectivity index (χ0v) is 12.4. The van der Waals surface area contributed by atoms with E-state index in [9.17, 15) is 8.76 Å². The van der Waals surface area contributed by atoms with Crippen molar-refractivity contribution in [2.75, 3.05) is 6.61 Å². The standard InChI is InChI=1S/C12H26O3S.Li/c1-12(2)10-8-6-4-3-5-7-9-11-15-16(13)14;/h12H,3-11H2,1-2H3,(H,13,14);/q;+1/p-1. The molecular weight excluding hydrogens is 231 g/mol. The number of rotatable bonds is 11. The van der Waals surface area contributed by atoms with E-state index in [1.807, 2.05) is 0 Å². The fraction of sp³-hybridized carbons (Fsp3) is 1.00. The Labute approximate surface area is 121 Å². The molecule has 0 aromatic carbocycles. The molecule has 0 saturated carbocycles. The molecule has 1 atom stereocenters. The fourth-order valence-electron chi connectivity index (χ4n) is 1.67. The van der Waals surface area contributed by atoms with Crippen molar-refractivity contribution in [2.24, 2.45) is 5.92 Å². The van der Waals surface area contributed by atoms with Gasteiger partial charge in [0.05, 0.1) is 18.0 Å². The molecule has 1 unspecified atom stereocenters. The van der Waals surface area contributed by atoms with E-state index in [0.29, 0.717) is 6.61 Å². The van der Waals surface area contributed by atoms with Gasteiger partial charge in [-0.25, -0.2) is 4.21 Å². The van der Waals surface area contributed by atoms with Gasteiger partial charge in [0.1, 0.15) is 0 Å². The first-order chi connectivity index (χ1) is 7.63. The minimum absolute atomic E-state index is 0. The summed E-state index contributed by atoms with van der Waals surface area (Å²) >= 11 is -2.33. The van der Waals surface area contributed by atoms with Crippen LogP contribution >= 0.6 is 0 Å². The van der Waals surface area contributed by atoms with Crippen molar-refractivity contribution < 1.29 is 31.8 Å². The van der Waals surface area contributed by atoms with Gasteiger partial charge in [-0.1, -0.05) is 58.8 Å². The molecule has 0 aliphatic carbocycles. The van der Waals surface area contributed by atoms with Crippen molar-refractivity contribution in [2.45, 2.75) is 65.2 Å². The van der Waals surface area contributed by atoms with Gasteiger partial charge in [-0.3, -0.25) is 0 Å². The molecule has 0 rings (SSSR count). The third-order valence-electron chi connectivity index (χ3n) is 2.61. The van der Waals surface area contributed by atoms with Gasteiger partial charge in [0.25, 0.3) is 0 Å². The Hall–Kier alpha value is 0.667. The van der Waals surface area contributed by atoms with Crippen LogP contribution < -0.4 is 18.9 Å². The topological polar surface area (TPSA) is 49.4 Å². The van der Waals surface area contributed by atoms with Crippen LogP contribution in [0.3, 0.4) is 0 Å². The first kappa shape index (κ1) is 20.0. The average Bonchev–Trinajstić information content (AvgIpc) is 2.20. The van der Waals surface area contributed by atoms with Gasteiger partial charge in [0, 0.05) is 0 Å². The first-order valence-electron chi connectivity index (χ1n) is 6.35. The molecule has 98 valence electrons. The molecule has 0 fully saturated rings. The predicted molar refractivity (Wildman–Crippen MR) is 66.6 cm³/mol. The van der Waals surface area contributed by atoms with Crippen LogP contribution in [0, 0.1) is 5.92 Å². The molecule has 0 heterocycles. The van der Waals surface area contributed by atoms with E-state index in [1.54, 1.807) is 0 Å². The Morgan fingerprint density at radius 1 is 1.00 bits per heavy atom. The molecule has 0 aliphatic heterocycles. The van der Waals surface area contributed by atoms with Crippen molar-refractivity contribution in [3.63, 3.8) is 0 Å². The minimum Gasteiger partial charge on any atom is -0.750 e. The summed E-state index contributed by atoms with van der Waals surface area (Å²) in [7, 11) is 0. The minimum atomic E-state index is -2.33. The number of hydrogen-bond acceptors (Lipinski definition) is 3. The van der Waals surface area contributed by atoms with Crippen LogP contribution in [0.2, 0.25) is 0 Å². The molecule has 0 amide bonds. The molecule has 5 heteroatoms. The van der Waals surface area contributed by atoms with E-state index in [0.717, 1.165) is 18.8 Å². The Morgan fingerprint density at radius 3 is 1.94 bits per heavy atom. The van der Waals surface area contributed by atoms with Crippen molar-refractivity contribution >= 4 is 11.4 Å². The summed E-state index contributed by atoms with van der Waals surface area (Å²) in [5.41, 5.74) is 0. The second kappa shape index (κ2) is 14.7. The summed E-state index contributed by atoms with van der Waals surface area (Å²) in [6, 6.07) is 0. The second-order valence-electron chi connectivity index (χ2n) is 4.68. The van der Waals surface area contributed by atoms with E-state index < -0.39 is 11.4 Å². The third kappa shape index (κ3) is 19.2. The zero-order valence-electron chi connectivity index (χ0n) is 11.6. The SMILES string of the molecule is CC(C)CCCCCCCCCOS(=O)[O-].[Li+]. The fourth-order valence-corrected chi connectivity index (χ4v) is 1.92. The van der Waals surface area contributed by atoms with E-state index in [2.05, 4.69) is 18.0 Å². The molecule has 0 radical (unpaired) electrons. The smallest absolute Gasteiger partial charge is 0.750 e. The monoisotopic (exact) mass is 256 g/mol. The summed E-state index contributed by atoms with van der Waals surface area (Å²) < 4.78 is 24.5. The van der Waals surface area contributed by atoms with E-state index in [1.165, 1.54) is 38.5 Å². The molecule has 0 aliphatic rings. The second-order valence-corrected chi connectivity index (χ2v) is 5.33. The van der Waals surface area contributed by atoms with Crippen LogP contribution in [0.15, 0.2) is 0 Å². The summed E-state index contributed by atoms with van der Waals surface area (Å²) in [5.74, 6) is 0.824. The van der Waals surface area contributed by atoms with Crippen molar-refractivity contribution in [1.82, 2.24) is 0 Å². The maximum Gasteiger partial charge on any atom is 1.00 e. The van der Waals surface area contributed by atoms with Crippen molar-refractivity contribution in [3.05, 3.63) is 0 Å². The van der Waals surface area contributed by atoms with Gasteiger partial charge in [-0.2, -0.15) is 0 Å². The van der Waals surface area contributed by atoms with Crippen LogP contribution in [-0.2, 0) is 15.5 Å². The summed E-state index contributed by atoms with van der Waals surface area (Å²) in [4.78, 5) is 0. The van der Waals surface area contributed by atoms with E-state index >= 15 is 0 Å². The zero-order chi connectivity index (χ0) is 12.2. The van der Waals surface area contributed by atoms with Gasteiger partial charge >= 0.3 is 18.9 Å². The van der Waals surface area contributed by atoms with Crippen LogP contribution in [0.25, 0.3) is 0 Å². The Balaban J connectivity index is 0. The van der Waals surface area contributed by atoms with Gasteiger partial charge < -0.3 is 8.74 Å². The molecule has 0 bridgehead atoms. The molecule has 0 spiro atoms. The molecule has 3 nitrogen and oxygen atoms in total. The largest absolute Gasteiger partial charge is 1.00 e. The molecule has 0 N–H and O–H groups in total. The summed E-state index contributed by atoms with van der Waals surface area (Å²) in [6.07, 6.45) is 9.69. The molecule has 0 aromatic heterocycles. The normalized spacial score (nSPS) is 12.5. The Kier molecular flexibility index (Phi) is 17.3. The van der Waals surface area contributed by atoms with Gasteiger partial charge in [-0.05, 0) is 12.3 Å². The maximum absolute atomic E-state index is 10.0. The number of unbranched alkanes of at least 4 members (excludes halogenated alkanes) is 6. The van der Waals surface area contributed by atoms with E-state index in [4.69, 9.17) is 0 Å². The molecule has 17 heavy (non-hydrogen) atoms. The van der Waals surface area contributed by atoms with Crippen molar-refractivity contribution in [3.8, 4) is 0 Å². The van der Waals surface area contributed by atoms with E-state index in [-0.39, 0.29) is 18.9 Å².